The molecule has 1 N–H and O–H groups in total. The van der Waals surface area contributed by atoms with E-state index in [4.69, 9.17) is 5.26 Å². The lowest BCUT2D eigenvalue weighted by Crippen LogP contribution is -2.62. The Balaban J connectivity index is 1.66. The van der Waals surface area contributed by atoms with Crippen molar-refractivity contribution in [1.82, 2.24) is 4.90 Å². The van der Waals surface area contributed by atoms with Gasteiger partial charge in [0.15, 0.2) is 0 Å². The lowest BCUT2D eigenvalue weighted by Gasteiger charge is -2.47. The molecular formula is C14H15FN2O. The summed E-state index contributed by atoms with van der Waals surface area (Å²) in [6.45, 7) is 1.71. The summed E-state index contributed by atoms with van der Waals surface area (Å²) in [6, 6.07) is 6.42. The van der Waals surface area contributed by atoms with E-state index in [0.717, 1.165) is 12.8 Å². The van der Waals surface area contributed by atoms with E-state index in [9.17, 15) is 9.50 Å². The number of nitriles is 1. The zero-order valence-electron chi connectivity index (χ0n) is 10.1. The quantitative estimate of drug-likeness (QED) is 0.882. The van der Waals surface area contributed by atoms with Crippen molar-refractivity contribution in [1.29, 1.82) is 5.26 Å². The van der Waals surface area contributed by atoms with Gasteiger partial charge in [-0.15, -0.1) is 0 Å². The Kier molecular flexibility index (Phi) is 2.61. The van der Waals surface area contributed by atoms with Crippen LogP contribution in [0.3, 0.4) is 0 Å². The van der Waals surface area contributed by atoms with E-state index in [2.05, 4.69) is 0 Å². The molecule has 0 spiro atoms. The zero-order valence-corrected chi connectivity index (χ0v) is 10.1. The first-order chi connectivity index (χ1) is 8.60. The van der Waals surface area contributed by atoms with Crippen molar-refractivity contribution < 1.29 is 9.50 Å². The summed E-state index contributed by atoms with van der Waals surface area (Å²) in [7, 11) is 0. The molecule has 1 saturated heterocycles. The van der Waals surface area contributed by atoms with Crippen LogP contribution in [-0.4, -0.2) is 28.7 Å². The van der Waals surface area contributed by atoms with Gasteiger partial charge in [0.05, 0.1) is 17.2 Å². The van der Waals surface area contributed by atoms with Crippen LogP contribution in [0.4, 0.5) is 4.39 Å². The lowest BCUT2D eigenvalue weighted by molar-refractivity contribution is -0.116. The molecule has 3 nitrogen and oxygen atoms in total. The molecule has 0 aromatic heterocycles. The van der Waals surface area contributed by atoms with Gasteiger partial charge < -0.3 is 5.11 Å². The highest BCUT2D eigenvalue weighted by molar-refractivity contribution is 5.34. The summed E-state index contributed by atoms with van der Waals surface area (Å²) in [5, 5.41) is 19.0. The smallest absolute Gasteiger partial charge is 0.127 e. The fourth-order valence-electron chi connectivity index (χ4n) is 2.73. The maximum Gasteiger partial charge on any atom is 0.127 e. The Bertz CT molecular complexity index is 513. The number of β-amino-alcohol motifs (C(OH)–C–C–N with tert-alkyl or cyclic N) is 1. The largest absolute Gasteiger partial charge is 0.387 e. The first-order valence-corrected chi connectivity index (χ1v) is 6.24. The highest BCUT2D eigenvalue weighted by Crippen LogP contribution is 2.44. The van der Waals surface area contributed by atoms with Gasteiger partial charge in [0.25, 0.3) is 0 Å². The molecule has 1 aliphatic carbocycles. The average Bonchev–Trinajstić information content (AvgIpc) is 3.13. The second kappa shape index (κ2) is 4.04. The topological polar surface area (TPSA) is 47.3 Å². The van der Waals surface area contributed by atoms with Crippen molar-refractivity contribution in [3.63, 3.8) is 0 Å². The molecule has 4 heteroatoms. The minimum Gasteiger partial charge on any atom is -0.387 e. The molecule has 3 rings (SSSR count). The maximum atomic E-state index is 13.6. The predicted octanol–water partition coefficient (Wildman–Crippen LogP) is 1.65. The van der Waals surface area contributed by atoms with Crippen LogP contribution in [0.5, 0.6) is 0 Å². The molecule has 0 bridgehead atoms. The SMILES string of the molecule is N#Cc1ccc(F)c(CN2CC(O)(C3CC3)C2)c1. The Hall–Kier alpha value is -1.44. The van der Waals surface area contributed by atoms with Gasteiger partial charge in [0.1, 0.15) is 5.82 Å². The van der Waals surface area contributed by atoms with Crippen molar-refractivity contribution >= 4 is 0 Å². The van der Waals surface area contributed by atoms with Gasteiger partial charge in [-0.2, -0.15) is 5.26 Å². The third-order valence-corrected chi connectivity index (χ3v) is 3.90. The van der Waals surface area contributed by atoms with Crippen molar-refractivity contribution in [2.24, 2.45) is 5.92 Å². The summed E-state index contributed by atoms with van der Waals surface area (Å²) < 4.78 is 13.6. The number of benzene rings is 1. The third-order valence-electron chi connectivity index (χ3n) is 3.90. The predicted molar refractivity (Wildman–Crippen MR) is 64.1 cm³/mol. The summed E-state index contributed by atoms with van der Waals surface area (Å²) >= 11 is 0. The molecule has 2 aliphatic rings. The molecule has 1 saturated carbocycles. The number of hydrogen-bond donors (Lipinski definition) is 1. The van der Waals surface area contributed by atoms with E-state index in [1.807, 2.05) is 11.0 Å². The van der Waals surface area contributed by atoms with E-state index in [-0.39, 0.29) is 5.82 Å². The third kappa shape index (κ3) is 2.00. The molecule has 1 aromatic rings. The van der Waals surface area contributed by atoms with E-state index in [1.165, 1.54) is 12.1 Å². The van der Waals surface area contributed by atoms with Crippen LogP contribution in [0, 0.1) is 23.1 Å². The Morgan fingerprint density at radius 2 is 2.17 bits per heavy atom. The van der Waals surface area contributed by atoms with Gasteiger partial charge >= 0.3 is 0 Å². The van der Waals surface area contributed by atoms with Crippen LogP contribution in [0.1, 0.15) is 24.0 Å². The molecule has 0 radical (unpaired) electrons. The van der Waals surface area contributed by atoms with Crippen molar-refractivity contribution in [3.8, 4) is 6.07 Å². The number of rotatable bonds is 3. The molecular weight excluding hydrogens is 231 g/mol. The van der Waals surface area contributed by atoms with E-state index in [1.54, 1.807) is 6.07 Å². The summed E-state index contributed by atoms with van der Waals surface area (Å²) in [5.74, 6) is 0.167. The number of halogens is 1. The molecule has 0 atom stereocenters. The monoisotopic (exact) mass is 246 g/mol. The van der Waals surface area contributed by atoms with E-state index in [0.29, 0.717) is 36.7 Å². The number of likely N-dealkylation sites (tertiary alicyclic amines) is 1. The number of hydrogen-bond acceptors (Lipinski definition) is 3. The first-order valence-electron chi connectivity index (χ1n) is 6.24. The lowest BCUT2D eigenvalue weighted by atomic mass is 9.88. The van der Waals surface area contributed by atoms with Crippen LogP contribution in [0.25, 0.3) is 0 Å². The number of aliphatic hydroxyl groups is 1. The molecule has 94 valence electrons. The van der Waals surface area contributed by atoms with Crippen LogP contribution in [0.15, 0.2) is 18.2 Å². The fourth-order valence-corrected chi connectivity index (χ4v) is 2.73. The van der Waals surface area contributed by atoms with Gasteiger partial charge in [-0.25, -0.2) is 4.39 Å². The standard InChI is InChI=1S/C14H15FN2O/c15-13-4-1-10(6-16)5-11(13)7-17-8-14(18,9-17)12-2-3-12/h1,4-5,12,18H,2-3,7-9H2. The molecule has 18 heavy (non-hydrogen) atoms. The fraction of sp³-hybridized carbons (Fsp3) is 0.500. The van der Waals surface area contributed by atoms with Crippen LogP contribution < -0.4 is 0 Å². The maximum absolute atomic E-state index is 13.6. The number of nitrogens with zero attached hydrogens (tertiary/aromatic N) is 2. The van der Waals surface area contributed by atoms with Gasteiger partial charge in [0.2, 0.25) is 0 Å². The minimum atomic E-state index is -0.538. The normalized spacial score (nSPS) is 22.3. The molecule has 0 amide bonds. The minimum absolute atomic E-state index is 0.282. The summed E-state index contributed by atoms with van der Waals surface area (Å²) in [5.41, 5.74) is 0.472. The first kappa shape index (κ1) is 11.6. The Morgan fingerprint density at radius 3 is 2.78 bits per heavy atom. The van der Waals surface area contributed by atoms with Crippen LogP contribution in [-0.2, 0) is 6.54 Å². The molecule has 1 aliphatic heterocycles. The average molecular weight is 246 g/mol. The van der Waals surface area contributed by atoms with Crippen molar-refractivity contribution in [2.75, 3.05) is 13.1 Å². The summed E-state index contributed by atoms with van der Waals surface area (Å²) in [6.07, 6.45) is 2.23. The van der Waals surface area contributed by atoms with Crippen LogP contribution >= 0.6 is 0 Å². The van der Waals surface area contributed by atoms with Gasteiger partial charge in [-0.05, 0) is 37.0 Å². The highest BCUT2D eigenvalue weighted by atomic mass is 19.1. The molecule has 2 fully saturated rings. The van der Waals surface area contributed by atoms with E-state index < -0.39 is 5.60 Å². The Morgan fingerprint density at radius 1 is 1.44 bits per heavy atom. The second-order valence-corrected chi connectivity index (χ2v) is 5.44. The summed E-state index contributed by atoms with van der Waals surface area (Å²) in [4.78, 5) is 2.03. The second-order valence-electron chi connectivity index (χ2n) is 5.44. The zero-order chi connectivity index (χ0) is 12.8. The molecule has 1 heterocycles. The van der Waals surface area contributed by atoms with Gasteiger partial charge in [0, 0.05) is 25.2 Å². The highest BCUT2D eigenvalue weighted by Gasteiger charge is 2.51. The van der Waals surface area contributed by atoms with Gasteiger partial charge in [-0.3, -0.25) is 4.90 Å². The van der Waals surface area contributed by atoms with Gasteiger partial charge in [-0.1, -0.05) is 0 Å². The van der Waals surface area contributed by atoms with Crippen molar-refractivity contribution in [3.05, 3.63) is 35.1 Å². The molecule has 1 aromatic carbocycles. The van der Waals surface area contributed by atoms with Crippen molar-refractivity contribution in [2.45, 2.75) is 25.0 Å². The molecule has 0 unspecified atom stereocenters. The van der Waals surface area contributed by atoms with E-state index >= 15 is 0 Å². The Labute approximate surface area is 105 Å². The van der Waals surface area contributed by atoms with Crippen LogP contribution in [0.2, 0.25) is 0 Å².